The maximum Gasteiger partial charge on any atom is 0.262 e. The number of carbonyl (C=O) groups excluding carboxylic acids is 1. The predicted molar refractivity (Wildman–Crippen MR) is 92.6 cm³/mol. The fourth-order valence-corrected chi connectivity index (χ4v) is 2.60. The highest BCUT2D eigenvalue weighted by atomic mass is 19.2. The Balaban J connectivity index is 1.79. The van der Waals surface area contributed by atoms with E-state index in [-0.39, 0.29) is 0 Å². The first-order valence-corrected chi connectivity index (χ1v) is 8.11. The smallest absolute Gasteiger partial charge is 0.262 e. The summed E-state index contributed by atoms with van der Waals surface area (Å²) in [6.07, 6.45) is 3.02. The van der Waals surface area contributed by atoms with Gasteiger partial charge in [0.15, 0.2) is 23.3 Å². The monoisotopic (exact) mass is 396 g/mol. The Bertz CT molecular complexity index is 1060. The zero-order valence-electron chi connectivity index (χ0n) is 14.4. The normalized spacial score (nSPS) is 11.4. The molecule has 0 radical (unpaired) electrons. The van der Waals surface area contributed by atoms with E-state index in [2.05, 4.69) is 0 Å². The first kappa shape index (κ1) is 19.4. The van der Waals surface area contributed by atoms with Crippen LogP contribution in [0.25, 0.3) is 17.0 Å². The van der Waals surface area contributed by atoms with Crippen molar-refractivity contribution in [3.63, 3.8) is 0 Å². The van der Waals surface area contributed by atoms with E-state index in [0.717, 1.165) is 11.5 Å². The van der Waals surface area contributed by atoms with Crippen LogP contribution >= 0.6 is 0 Å². The Morgan fingerprint density at radius 3 is 2.25 bits per heavy atom. The minimum absolute atomic E-state index is 0.554. The zero-order valence-corrected chi connectivity index (χ0v) is 14.4. The molecule has 0 fully saturated rings. The van der Waals surface area contributed by atoms with E-state index in [1.54, 1.807) is 29.7 Å². The van der Waals surface area contributed by atoms with Crippen molar-refractivity contribution in [2.24, 2.45) is 0 Å². The first-order valence-electron chi connectivity index (χ1n) is 8.11. The van der Waals surface area contributed by atoms with Crippen LogP contribution in [0.5, 0.6) is 0 Å². The first-order chi connectivity index (χ1) is 13.3. The van der Waals surface area contributed by atoms with Crippen molar-refractivity contribution in [2.45, 2.75) is 13.3 Å². The third kappa shape index (κ3) is 3.42. The molecule has 4 nitrogen and oxygen atoms in total. The maximum atomic E-state index is 13.6. The molecule has 3 rings (SSSR count). The fourth-order valence-electron chi connectivity index (χ4n) is 2.60. The average molecular weight is 396 g/mol. The number of fused-ring (bicyclic) bond motifs is 1. The number of halogens is 5. The third-order valence-corrected chi connectivity index (χ3v) is 3.95. The number of anilines is 1. The topological polar surface area (TPSA) is 54.3 Å². The summed E-state index contributed by atoms with van der Waals surface area (Å²) in [5.74, 6) is -11.0. The van der Waals surface area contributed by atoms with Gasteiger partial charge in [-0.2, -0.15) is 0 Å². The van der Waals surface area contributed by atoms with Crippen LogP contribution in [0.3, 0.4) is 0 Å². The molecule has 0 saturated heterocycles. The van der Waals surface area contributed by atoms with Crippen LogP contribution < -0.4 is 10.9 Å². The zero-order chi connectivity index (χ0) is 20.4. The summed E-state index contributed by atoms with van der Waals surface area (Å²) >= 11 is 0. The van der Waals surface area contributed by atoms with E-state index in [9.17, 15) is 26.7 Å². The third-order valence-electron chi connectivity index (χ3n) is 3.95. The quantitative estimate of drug-likeness (QED) is 0.213. The van der Waals surface area contributed by atoms with Gasteiger partial charge >= 0.3 is 0 Å². The van der Waals surface area contributed by atoms with Gasteiger partial charge in [-0.15, -0.1) is 0 Å². The molecule has 3 aromatic rings. The van der Waals surface area contributed by atoms with E-state index in [1.165, 1.54) is 6.08 Å². The van der Waals surface area contributed by atoms with Gasteiger partial charge in [0.05, 0.1) is 0 Å². The number of aryl methyl sites for hydroxylation is 1. The summed E-state index contributed by atoms with van der Waals surface area (Å²) in [6.45, 7) is 1.86. The molecule has 146 valence electrons. The number of nitrogens with one attached hydrogen (secondary N) is 2. The Morgan fingerprint density at radius 2 is 1.61 bits per heavy atom. The standard InChI is InChI=1S/C19H13F5N2O2/c1-2-11-10(9-5-3-4-6-12(9)28-11)7-8-13(27)25-26-19-17(23)15(21)14(20)16(22)18(19)24/h3-8,26H,2H2,1H3,(H,25,27)/b8-7+. The SMILES string of the molecule is CCc1oc2ccccc2c1/C=C/C(=O)NNc1c(F)c(F)c(F)c(F)c1F. The van der Waals surface area contributed by atoms with Crippen molar-refractivity contribution in [1.82, 2.24) is 5.43 Å². The van der Waals surface area contributed by atoms with Crippen LogP contribution in [0.4, 0.5) is 27.6 Å². The van der Waals surface area contributed by atoms with Crippen LogP contribution in [0.15, 0.2) is 34.8 Å². The average Bonchev–Trinajstić information content (AvgIpc) is 3.07. The van der Waals surface area contributed by atoms with Crippen LogP contribution in [0, 0.1) is 29.1 Å². The van der Waals surface area contributed by atoms with E-state index < -0.39 is 40.7 Å². The van der Waals surface area contributed by atoms with Gasteiger partial charge in [0.25, 0.3) is 5.91 Å². The lowest BCUT2D eigenvalue weighted by Gasteiger charge is -2.10. The largest absolute Gasteiger partial charge is 0.460 e. The highest BCUT2D eigenvalue weighted by molar-refractivity contribution is 5.96. The molecule has 1 aromatic heterocycles. The number of hydrazine groups is 1. The molecule has 9 heteroatoms. The van der Waals surface area contributed by atoms with Gasteiger partial charge < -0.3 is 4.42 Å². The molecule has 2 N–H and O–H groups in total. The van der Waals surface area contributed by atoms with E-state index in [1.807, 2.05) is 12.3 Å². The fraction of sp³-hybridized carbons (Fsp3) is 0.105. The summed E-state index contributed by atoms with van der Waals surface area (Å²) < 4.78 is 72.1. The molecular weight excluding hydrogens is 383 g/mol. The van der Waals surface area contributed by atoms with Gasteiger partial charge in [0, 0.05) is 23.4 Å². The minimum Gasteiger partial charge on any atom is -0.460 e. The van der Waals surface area contributed by atoms with Crippen LogP contribution in [0.2, 0.25) is 0 Å². The number of furan rings is 1. The molecule has 0 bridgehead atoms. The van der Waals surface area contributed by atoms with E-state index >= 15 is 0 Å². The van der Waals surface area contributed by atoms with Crippen molar-refractivity contribution in [3.05, 3.63) is 70.8 Å². The molecule has 0 spiro atoms. The second-order valence-electron chi connectivity index (χ2n) is 5.68. The van der Waals surface area contributed by atoms with Gasteiger partial charge in [0.1, 0.15) is 17.0 Å². The van der Waals surface area contributed by atoms with Gasteiger partial charge in [0.2, 0.25) is 5.82 Å². The molecule has 1 amide bonds. The lowest BCUT2D eigenvalue weighted by atomic mass is 10.1. The molecule has 0 saturated carbocycles. The number of benzene rings is 2. The van der Waals surface area contributed by atoms with Gasteiger partial charge in [-0.25, -0.2) is 22.0 Å². The molecule has 2 aromatic carbocycles. The lowest BCUT2D eigenvalue weighted by molar-refractivity contribution is -0.116. The number of para-hydroxylation sites is 1. The molecule has 0 atom stereocenters. The van der Waals surface area contributed by atoms with Crippen LogP contribution in [-0.4, -0.2) is 5.91 Å². The summed E-state index contributed by atoms with van der Waals surface area (Å²) in [4.78, 5) is 11.9. The number of hydrogen-bond acceptors (Lipinski definition) is 3. The molecule has 0 aliphatic heterocycles. The summed E-state index contributed by atoms with van der Waals surface area (Å²) in [5, 5.41) is 0.760. The highest BCUT2D eigenvalue weighted by Crippen LogP contribution is 2.28. The van der Waals surface area contributed by atoms with Crippen molar-refractivity contribution in [1.29, 1.82) is 0 Å². The maximum absolute atomic E-state index is 13.6. The van der Waals surface area contributed by atoms with Gasteiger partial charge in [-0.05, 0) is 12.1 Å². The van der Waals surface area contributed by atoms with Crippen molar-refractivity contribution in [3.8, 4) is 0 Å². The molecule has 1 heterocycles. The second-order valence-corrected chi connectivity index (χ2v) is 5.68. The minimum atomic E-state index is -2.29. The molecule has 28 heavy (non-hydrogen) atoms. The Morgan fingerprint density at radius 1 is 1.00 bits per heavy atom. The van der Waals surface area contributed by atoms with Gasteiger partial charge in [-0.3, -0.25) is 15.6 Å². The number of hydrogen-bond donors (Lipinski definition) is 2. The summed E-state index contributed by atoms with van der Waals surface area (Å²) in [5.41, 5.74) is 3.48. The molecule has 0 unspecified atom stereocenters. The Kier molecular flexibility index (Phi) is 5.34. The lowest BCUT2D eigenvalue weighted by Crippen LogP contribution is -2.29. The molecular formula is C19H13F5N2O2. The predicted octanol–water partition coefficient (Wildman–Crippen LogP) is 4.85. The number of carbonyl (C=O) groups is 1. The second kappa shape index (κ2) is 7.71. The van der Waals surface area contributed by atoms with Crippen molar-refractivity contribution in [2.75, 3.05) is 5.43 Å². The summed E-state index contributed by atoms with van der Waals surface area (Å²) in [6, 6.07) is 7.14. The number of rotatable bonds is 5. The van der Waals surface area contributed by atoms with Crippen molar-refractivity contribution < 1.29 is 31.2 Å². The Hall–Kier alpha value is -3.36. The van der Waals surface area contributed by atoms with Crippen molar-refractivity contribution >= 4 is 28.6 Å². The Labute approximate surface area is 155 Å². The highest BCUT2D eigenvalue weighted by Gasteiger charge is 2.25. The van der Waals surface area contributed by atoms with Crippen LogP contribution in [0.1, 0.15) is 18.2 Å². The van der Waals surface area contributed by atoms with E-state index in [0.29, 0.717) is 23.3 Å². The van der Waals surface area contributed by atoms with Crippen LogP contribution in [-0.2, 0) is 11.2 Å². The van der Waals surface area contributed by atoms with Gasteiger partial charge in [-0.1, -0.05) is 25.1 Å². The molecule has 0 aliphatic rings. The summed E-state index contributed by atoms with van der Waals surface area (Å²) in [7, 11) is 0. The van der Waals surface area contributed by atoms with E-state index in [4.69, 9.17) is 4.42 Å². The number of amides is 1. The molecule has 0 aliphatic carbocycles.